The van der Waals surface area contributed by atoms with E-state index >= 15 is 0 Å². The molecule has 4 rings (SSSR count). The fourth-order valence-electron chi connectivity index (χ4n) is 4.65. The molecule has 8 nitrogen and oxygen atoms in total. The van der Waals surface area contributed by atoms with Crippen molar-refractivity contribution in [3.63, 3.8) is 0 Å². The highest BCUT2D eigenvalue weighted by Crippen LogP contribution is 2.34. The summed E-state index contributed by atoms with van der Waals surface area (Å²) in [6, 6.07) is 9.55. The van der Waals surface area contributed by atoms with Gasteiger partial charge < -0.3 is 19.7 Å². The number of aromatic nitrogens is 2. The van der Waals surface area contributed by atoms with Crippen molar-refractivity contribution in [1.29, 1.82) is 0 Å². The maximum absolute atomic E-state index is 13.4. The predicted molar refractivity (Wildman–Crippen MR) is 128 cm³/mol. The summed E-state index contributed by atoms with van der Waals surface area (Å²) in [6.45, 7) is 10.4. The number of amides is 1. The molecule has 2 aromatic rings. The molecule has 178 valence electrons. The summed E-state index contributed by atoms with van der Waals surface area (Å²) in [5.74, 6) is 2.32. The second-order valence-corrected chi connectivity index (χ2v) is 9.16. The van der Waals surface area contributed by atoms with E-state index in [1.165, 1.54) is 0 Å². The fraction of sp³-hybridized carbons (Fsp3) is 0.560. The van der Waals surface area contributed by atoms with Gasteiger partial charge in [-0.3, -0.25) is 9.69 Å². The van der Waals surface area contributed by atoms with Crippen LogP contribution in [0.15, 0.2) is 30.3 Å². The van der Waals surface area contributed by atoms with Gasteiger partial charge >= 0.3 is 0 Å². The van der Waals surface area contributed by atoms with Crippen molar-refractivity contribution < 1.29 is 14.3 Å². The molecule has 0 saturated carbocycles. The average molecular weight is 454 g/mol. The SMILES string of the molecule is CNc1cc([C@]2(C)CCCN(C(=O)c3cccc(OCCN4CCOCC4)c3)C2)nc(C)n1. The summed E-state index contributed by atoms with van der Waals surface area (Å²) < 4.78 is 11.3. The number of rotatable bonds is 7. The Morgan fingerprint density at radius 2 is 2.03 bits per heavy atom. The highest BCUT2D eigenvalue weighted by Gasteiger charge is 2.36. The molecule has 2 aliphatic heterocycles. The molecule has 1 aromatic carbocycles. The molecule has 0 unspecified atom stereocenters. The number of hydrogen-bond acceptors (Lipinski definition) is 7. The normalized spacial score (nSPS) is 21.6. The minimum absolute atomic E-state index is 0.0409. The van der Waals surface area contributed by atoms with Crippen LogP contribution in [0.4, 0.5) is 5.82 Å². The Hall–Kier alpha value is -2.71. The number of carbonyl (C=O) groups is 1. The van der Waals surface area contributed by atoms with Crippen molar-refractivity contribution in [2.24, 2.45) is 0 Å². The number of likely N-dealkylation sites (tertiary alicyclic amines) is 1. The van der Waals surface area contributed by atoms with Gasteiger partial charge in [-0.25, -0.2) is 9.97 Å². The Morgan fingerprint density at radius 1 is 1.21 bits per heavy atom. The molecule has 33 heavy (non-hydrogen) atoms. The Kier molecular flexibility index (Phi) is 7.45. The molecule has 3 heterocycles. The minimum Gasteiger partial charge on any atom is -0.492 e. The Bertz CT molecular complexity index is 963. The number of morpholine rings is 1. The maximum atomic E-state index is 13.4. The van der Waals surface area contributed by atoms with Crippen molar-refractivity contribution in [3.05, 3.63) is 47.4 Å². The molecule has 1 aromatic heterocycles. The van der Waals surface area contributed by atoms with Crippen molar-refractivity contribution in [2.45, 2.75) is 32.1 Å². The number of anilines is 1. The molecule has 1 N–H and O–H groups in total. The molecule has 2 aliphatic rings. The summed E-state index contributed by atoms with van der Waals surface area (Å²) in [7, 11) is 1.86. The second-order valence-electron chi connectivity index (χ2n) is 9.16. The number of hydrogen-bond donors (Lipinski definition) is 1. The van der Waals surface area contributed by atoms with Gasteiger partial charge in [-0.05, 0) is 38.0 Å². The summed E-state index contributed by atoms with van der Waals surface area (Å²) in [6.07, 6.45) is 1.93. The lowest BCUT2D eigenvalue weighted by atomic mass is 9.78. The number of nitrogens with zero attached hydrogens (tertiary/aromatic N) is 4. The predicted octanol–water partition coefficient (Wildman–Crippen LogP) is 2.73. The minimum atomic E-state index is -0.209. The van der Waals surface area contributed by atoms with Gasteiger partial charge in [0.25, 0.3) is 5.91 Å². The summed E-state index contributed by atoms with van der Waals surface area (Å²) >= 11 is 0. The van der Waals surface area contributed by atoms with Gasteiger partial charge in [0.05, 0.1) is 18.9 Å². The Labute approximate surface area is 196 Å². The molecule has 0 aliphatic carbocycles. The monoisotopic (exact) mass is 453 g/mol. The Balaban J connectivity index is 1.41. The van der Waals surface area contributed by atoms with Crippen LogP contribution >= 0.6 is 0 Å². The zero-order valence-electron chi connectivity index (χ0n) is 20.0. The van der Waals surface area contributed by atoms with Crippen molar-refractivity contribution in [3.8, 4) is 5.75 Å². The van der Waals surface area contributed by atoms with Crippen LogP contribution in [0.5, 0.6) is 5.75 Å². The van der Waals surface area contributed by atoms with Gasteiger partial charge in [-0.2, -0.15) is 0 Å². The van der Waals surface area contributed by atoms with Crippen molar-refractivity contribution in [1.82, 2.24) is 19.8 Å². The van der Waals surface area contributed by atoms with Crippen LogP contribution < -0.4 is 10.1 Å². The third-order valence-corrected chi connectivity index (χ3v) is 6.56. The number of piperidine rings is 1. The van der Waals surface area contributed by atoms with E-state index in [-0.39, 0.29) is 11.3 Å². The van der Waals surface area contributed by atoms with E-state index in [2.05, 4.69) is 22.1 Å². The summed E-state index contributed by atoms with van der Waals surface area (Å²) in [4.78, 5) is 26.8. The van der Waals surface area contributed by atoms with Gasteiger partial charge in [0.2, 0.25) is 0 Å². The summed E-state index contributed by atoms with van der Waals surface area (Å²) in [5.41, 5.74) is 1.44. The quantitative estimate of drug-likeness (QED) is 0.690. The van der Waals surface area contributed by atoms with Crippen LogP contribution in [0.3, 0.4) is 0 Å². The molecule has 2 saturated heterocycles. The molecular formula is C25H35N5O3. The van der Waals surface area contributed by atoms with E-state index < -0.39 is 0 Å². The molecule has 1 atom stereocenters. The highest BCUT2D eigenvalue weighted by atomic mass is 16.5. The topological polar surface area (TPSA) is 79.8 Å². The zero-order valence-corrected chi connectivity index (χ0v) is 20.0. The van der Waals surface area contributed by atoms with E-state index in [0.717, 1.165) is 75.3 Å². The van der Waals surface area contributed by atoms with Crippen molar-refractivity contribution in [2.75, 3.05) is 64.9 Å². The van der Waals surface area contributed by atoms with Crippen LogP contribution in [-0.2, 0) is 10.2 Å². The van der Waals surface area contributed by atoms with Crippen LogP contribution in [0.25, 0.3) is 0 Å². The third-order valence-electron chi connectivity index (χ3n) is 6.56. The number of carbonyl (C=O) groups excluding carboxylic acids is 1. The lowest BCUT2D eigenvalue weighted by molar-refractivity contribution is 0.0322. The lowest BCUT2D eigenvalue weighted by Gasteiger charge is -2.40. The molecule has 2 fully saturated rings. The molecule has 8 heteroatoms. The second kappa shape index (κ2) is 10.5. The van der Waals surface area contributed by atoms with E-state index in [1.54, 1.807) is 0 Å². The first kappa shape index (κ1) is 23.4. The van der Waals surface area contributed by atoms with E-state index in [9.17, 15) is 4.79 Å². The number of aryl methyl sites for hydroxylation is 1. The highest BCUT2D eigenvalue weighted by molar-refractivity contribution is 5.94. The van der Waals surface area contributed by atoms with Gasteiger partial charge in [0.1, 0.15) is 24.0 Å². The van der Waals surface area contributed by atoms with Crippen LogP contribution in [-0.4, -0.2) is 85.3 Å². The van der Waals surface area contributed by atoms with Crippen LogP contribution in [0, 0.1) is 6.92 Å². The smallest absolute Gasteiger partial charge is 0.254 e. The first-order valence-corrected chi connectivity index (χ1v) is 11.8. The summed E-state index contributed by atoms with van der Waals surface area (Å²) in [5, 5.41) is 3.11. The maximum Gasteiger partial charge on any atom is 0.254 e. The average Bonchev–Trinajstić information content (AvgIpc) is 2.84. The molecular weight excluding hydrogens is 418 g/mol. The van der Waals surface area contributed by atoms with E-state index in [1.807, 2.05) is 49.2 Å². The zero-order chi connectivity index (χ0) is 23.3. The number of nitrogens with one attached hydrogen (secondary N) is 1. The van der Waals surface area contributed by atoms with Crippen LogP contribution in [0.2, 0.25) is 0 Å². The van der Waals surface area contributed by atoms with Crippen molar-refractivity contribution >= 4 is 11.7 Å². The van der Waals surface area contributed by atoms with E-state index in [4.69, 9.17) is 14.5 Å². The standard InChI is InChI=1S/C25H35N5O3/c1-19-27-22(17-23(26-3)28-19)25(2)8-5-9-30(18-25)24(31)20-6-4-7-21(16-20)33-15-12-29-10-13-32-14-11-29/h4,6-7,16-17H,5,8-15,18H2,1-3H3,(H,26,27,28)/t25-/m1/s1. The number of ether oxygens (including phenoxy) is 2. The lowest BCUT2D eigenvalue weighted by Crippen LogP contribution is -2.47. The third kappa shape index (κ3) is 5.81. The van der Waals surface area contributed by atoms with Gasteiger partial charge in [0.15, 0.2) is 0 Å². The van der Waals surface area contributed by atoms with Gasteiger partial charge in [-0.1, -0.05) is 13.0 Å². The Morgan fingerprint density at radius 3 is 2.82 bits per heavy atom. The first-order valence-electron chi connectivity index (χ1n) is 11.8. The molecule has 0 spiro atoms. The van der Waals surface area contributed by atoms with E-state index in [0.29, 0.717) is 18.7 Å². The van der Waals surface area contributed by atoms with Gasteiger partial charge in [0, 0.05) is 56.8 Å². The first-order chi connectivity index (χ1) is 16.0. The fourth-order valence-corrected chi connectivity index (χ4v) is 4.65. The molecule has 0 radical (unpaired) electrons. The molecule has 1 amide bonds. The van der Waals surface area contributed by atoms with Gasteiger partial charge in [-0.15, -0.1) is 0 Å². The van der Waals surface area contributed by atoms with Crippen LogP contribution in [0.1, 0.15) is 41.6 Å². The largest absolute Gasteiger partial charge is 0.492 e. The number of benzene rings is 1. The molecule has 0 bridgehead atoms.